The number of para-hydroxylation sites is 2. The Kier molecular flexibility index (Phi) is 2.06. The predicted octanol–water partition coefficient (Wildman–Crippen LogP) is 1.29. The van der Waals surface area contributed by atoms with Crippen LogP contribution in [0, 0.1) is 0 Å². The molecule has 5 nitrogen and oxygen atoms in total. The minimum atomic E-state index is -1.06. The summed E-state index contributed by atoms with van der Waals surface area (Å²) < 4.78 is 9.90. The van der Waals surface area contributed by atoms with E-state index in [2.05, 4.69) is 4.98 Å². The summed E-state index contributed by atoms with van der Waals surface area (Å²) in [5.74, 6) is -1.06. The molecule has 2 aromatic rings. The number of carbonyl (C=O) groups is 1. The fourth-order valence-corrected chi connectivity index (χ4v) is 1.04. The van der Waals surface area contributed by atoms with Crippen molar-refractivity contribution in [3.8, 4) is 6.08 Å². The van der Waals surface area contributed by atoms with Crippen LogP contribution in [0.5, 0.6) is 6.08 Å². The third-order valence-electron chi connectivity index (χ3n) is 1.59. The van der Waals surface area contributed by atoms with Crippen molar-refractivity contribution in [3.63, 3.8) is 0 Å². The minimum absolute atomic E-state index is 0.0198. The number of hydrogen-bond donors (Lipinski definition) is 1. The van der Waals surface area contributed by atoms with E-state index < -0.39 is 12.6 Å². The molecule has 1 aromatic carbocycles. The molecule has 1 N–H and O–H groups in total. The molecule has 0 fully saturated rings. The molecular weight excluding hydrogens is 186 g/mol. The number of ether oxygens (including phenoxy) is 1. The summed E-state index contributed by atoms with van der Waals surface area (Å²) >= 11 is 0. The first-order valence-electron chi connectivity index (χ1n) is 3.96. The molecule has 0 aliphatic rings. The first-order valence-corrected chi connectivity index (χ1v) is 3.96. The van der Waals surface area contributed by atoms with Gasteiger partial charge in [-0.2, -0.15) is 4.98 Å². The summed E-state index contributed by atoms with van der Waals surface area (Å²) in [7, 11) is 0. The second-order valence-corrected chi connectivity index (χ2v) is 2.63. The molecule has 0 bridgehead atoms. The Morgan fingerprint density at radius 2 is 2.29 bits per heavy atom. The fourth-order valence-electron chi connectivity index (χ4n) is 1.04. The zero-order valence-electron chi connectivity index (χ0n) is 7.14. The van der Waals surface area contributed by atoms with Gasteiger partial charge in [-0.15, -0.1) is 0 Å². The molecule has 72 valence electrons. The average molecular weight is 193 g/mol. The number of carboxylic acids is 1. The van der Waals surface area contributed by atoms with Crippen molar-refractivity contribution in [2.24, 2.45) is 0 Å². The summed E-state index contributed by atoms with van der Waals surface area (Å²) in [6.45, 7) is -0.452. The zero-order chi connectivity index (χ0) is 9.97. The van der Waals surface area contributed by atoms with Crippen molar-refractivity contribution >= 4 is 17.1 Å². The van der Waals surface area contributed by atoms with Crippen molar-refractivity contribution < 1.29 is 19.1 Å². The van der Waals surface area contributed by atoms with Crippen LogP contribution < -0.4 is 4.74 Å². The van der Waals surface area contributed by atoms with Gasteiger partial charge in [-0.3, -0.25) is 0 Å². The average Bonchev–Trinajstić information content (AvgIpc) is 2.57. The van der Waals surface area contributed by atoms with Gasteiger partial charge in [-0.25, -0.2) is 4.79 Å². The summed E-state index contributed by atoms with van der Waals surface area (Å²) in [6.07, 6.45) is -0.0198. The van der Waals surface area contributed by atoms with Crippen LogP contribution in [0.4, 0.5) is 0 Å². The first-order chi connectivity index (χ1) is 6.75. The van der Waals surface area contributed by atoms with Crippen molar-refractivity contribution in [1.29, 1.82) is 0 Å². The van der Waals surface area contributed by atoms with E-state index in [9.17, 15) is 4.79 Å². The molecule has 2 rings (SSSR count). The molecule has 0 saturated heterocycles. The van der Waals surface area contributed by atoms with Crippen LogP contribution in [0.25, 0.3) is 11.1 Å². The summed E-state index contributed by atoms with van der Waals surface area (Å²) in [4.78, 5) is 14.1. The maximum atomic E-state index is 10.2. The highest BCUT2D eigenvalue weighted by Crippen LogP contribution is 2.19. The summed E-state index contributed by atoms with van der Waals surface area (Å²) in [5, 5.41) is 8.36. The molecule has 5 heteroatoms. The second kappa shape index (κ2) is 3.37. The summed E-state index contributed by atoms with van der Waals surface area (Å²) in [5.41, 5.74) is 1.22. The number of hydrogen-bond acceptors (Lipinski definition) is 4. The van der Waals surface area contributed by atoms with E-state index in [1.807, 2.05) is 6.07 Å². The normalized spacial score (nSPS) is 10.3. The molecule has 0 aliphatic heterocycles. The lowest BCUT2D eigenvalue weighted by Crippen LogP contribution is -2.09. The van der Waals surface area contributed by atoms with E-state index in [0.717, 1.165) is 0 Å². The molecule has 1 aromatic heterocycles. The molecule has 0 amide bonds. The lowest BCUT2D eigenvalue weighted by molar-refractivity contribution is -0.139. The van der Waals surface area contributed by atoms with Gasteiger partial charge < -0.3 is 14.3 Å². The van der Waals surface area contributed by atoms with Crippen molar-refractivity contribution in [3.05, 3.63) is 24.3 Å². The first kappa shape index (κ1) is 8.55. The van der Waals surface area contributed by atoms with Crippen LogP contribution in [0.15, 0.2) is 28.7 Å². The van der Waals surface area contributed by atoms with Gasteiger partial charge in [0.05, 0.1) is 0 Å². The number of aliphatic carboxylic acids is 1. The topological polar surface area (TPSA) is 72.6 Å². The van der Waals surface area contributed by atoms with E-state index in [0.29, 0.717) is 11.1 Å². The lowest BCUT2D eigenvalue weighted by atomic mass is 10.3. The Morgan fingerprint density at radius 3 is 3.00 bits per heavy atom. The Morgan fingerprint density at radius 1 is 1.50 bits per heavy atom. The molecule has 0 atom stereocenters. The zero-order valence-corrected chi connectivity index (χ0v) is 7.14. The number of aromatic nitrogens is 1. The predicted molar refractivity (Wildman–Crippen MR) is 47.1 cm³/mol. The highest BCUT2D eigenvalue weighted by atomic mass is 16.6. The van der Waals surface area contributed by atoms with Gasteiger partial charge in [0.15, 0.2) is 12.2 Å². The Labute approximate surface area is 78.9 Å². The van der Waals surface area contributed by atoms with E-state index in [-0.39, 0.29) is 6.08 Å². The van der Waals surface area contributed by atoms with E-state index in [1.165, 1.54) is 0 Å². The van der Waals surface area contributed by atoms with Crippen molar-refractivity contribution in [2.45, 2.75) is 0 Å². The van der Waals surface area contributed by atoms with Gasteiger partial charge in [-0.05, 0) is 12.1 Å². The Hall–Kier alpha value is -2.04. The van der Waals surface area contributed by atoms with E-state index >= 15 is 0 Å². The standard InChI is InChI=1S/C9H7NO4/c11-8(12)5-13-9-10-6-3-1-2-4-7(6)14-9/h1-4H,5H2,(H,11,12). The van der Waals surface area contributed by atoms with Gasteiger partial charge in [0, 0.05) is 0 Å². The molecule has 0 spiro atoms. The Balaban J connectivity index is 2.22. The number of nitrogens with zero attached hydrogens (tertiary/aromatic N) is 1. The quantitative estimate of drug-likeness (QED) is 0.795. The third-order valence-corrected chi connectivity index (χ3v) is 1.59. The lowest BCUT2D eigenvalue weighted by Gasteiger charge is -1.93. The Bertz CT molecular complexity index is 430. The molecule has 0 radical (unpaired) electrons. The monoisotopic (exact) mass is 193 g/mol. The molecule has 0 unspecified atom stereocenters. The summed E-state index contributed by atoms with van der Waals surface area (Å²) in [6, 6.07) is 7.10. The van der Waals surface area contributed by atoms with Crippen LogP contribution in [0.3, 0.4) is 0 Å². The van der Waals surface area contributed by atoms with Crippen molar-refractivity contribution in [1.82, 2.24) is 4.98 Å². The van der Waals surface area contributed by atoms with Crippen LogP contribution in [0.2, 0.25) is 0 Å². The van der Waals surface area contributed by atoms with Crippen LogP contribution >= 0.6 is 0 Å². The van der Waals surface area contributed by atoms with Gasteiger partial charge in [0.1, 0.15) is 5.52 Å². The van der Waals surface area contributed by atoms with E-state index in [1.54, 1.807) is 18.2 Å². The highest BCUT2D eigenvalue weighted by molar-refractivity contribution is 5.73. The number of fused-ring (bicyclic) bond motifs is 1. The van der Waals surface area contributed by atoms with Gasteiger partial charge in [0.25, 0.3) is 0 Å². The van der Waals surface area contributed by atoms with Gasteiger partial charge >= 0.3 is 12.0 Å². The smallest absolute Gasteiger partial charge is 0.395 e. The maximum absolute atomic E-state index is 10.2. The minimum Gasteiger partial charge on any atom is -0.479 e. The molecule has 14 heavy (non-hydrogen) atoms. The molecule has 0 saturated carbocycles. The fraction of sp³-hybridized carbons (Fsp3) is 0.111. The second-order valence-electron chi connectivity index (χ2n) is 2.63. The largest absolute Gasteiger partial charge is 0.479 e. The molecule has 0 aliphatic carbocycles. The number of carboxylic acid groups (broad SMARTS) is 1. The SMILES string of the molecule is O=C(O)COc1nc2ccccc2o1. The van der Waals surface area contributed by atoms with Crippen LogP contribution in [-0.4, -0.2) is 22.7 Å². The van der Waals surface area contributed by atoms with Gasteiger partial charge in [-0.1, -0.05) is 12.1 Å². The number of oxazole rings is 1. The molecule has 1 heterocycles. The van der Waals surface area contributed by atoms with Crippen LogP contribution in [0.1, 0.15) is 0 Å². The van der Waals surface area contributed by atoms with E-state index in [4.69, 9.17) is 14.3 Å². The highest BCUT2D eigenvalue weighted by Gasteiger charge is 2.07. The maximum Gasteiger partial charge on any atom is 0.395 e. The molecular formula is C9H7NO4. The number of rotatable bonds is 3. The number of benzene rings is 1. The van der Waals surface area contributed by atoms with Gasteiger partial charge in [0.2, 0.25) is 0 Å². The third kappa shape index (κ3) is 1.66. The van der Waals surface area contributed by atoms with Crippen LogP contribution in [-0.2, 0) is 4.79 Å². The van der Waals surface area contributed by atoms with Crippen molar-refractivity contribution in [2.75, 3.05) is 6.61 Å².